The summed E-state index contributed by atoms with van der Waals surface area (Å²) in [4.78, 5) is 36.2. The Hall–Kier alpha value is -2.37. The number of hydrogen-bond donors (Lipinski definition) is 2. The maximum Gasteiger partial charge on any atom is 0.328 e. The van der Waals surface area contributed by atoms with Crippen LogP contribution in [0.4, 0.5) is 0 Å². The Morgan fingerprint density at radius 2 is 2.19 bits per heavy atom. The van der Waals surface area contributed by atoms with Crippen LogP contribution in [0, 0.1) is 11.8 Å². The van der Waals surface area contributed by atoms with E-state index < -0.39 is 17.5 Å². The third-order valence-corrected chi connectivity index (χ3v) is 2.70. The van der Waals surface area contributed by atoms with Gasteiger partial charge in [0, 0.05) is 13.1 Å². The van der Waals surface area contributed by atoms with Crippen LogP contribution < -0.4 is 16.6 Å². The highest BCUT2D eigenvalue weighted by molar-refractivity contribution is 5.73. The fourth-order valence-corrected chi connectivity index (χ4v) is 1.72. The standard InChI is InChI=1S/C13H15N3O5/c1-9(17)14-4-2-3-10-7-16(13(19)15-12(10)18)8-11-20-5-6-21-11/h7,11H,4-6,8H2,1H3,(H,14,17)(H,15,18,19). The van der Waals surface area contributed by atoms with Gasteiger partial charge in [-0.25, -0.2) is 4.79 Å². The number of H-pyrrole nitrogens is 1. The van der Waals surface area contributed by atoms with Crippen molar-refractivity contribution in [3.63, 3.8) is 0 Å². The molecule has 21 heavy (non-hydrogen) atoms. The van der Waals surface area contributed by atoms with E-state index in [4.69, 9.17) is 9.47 Å². The zero-order chi connectivity index (χ0) is 15.2. The summed E-state index contributed by atoms with van der Waals surface area (Å²) in [6, 6.07) is 0. The molecule has 2 N–H and O–H groups in total. The van der Waals surface area contributed by atoms with E-state index in [1.54, 1.807) is 0 Å². The number of ether oxygens (including phenoxy) is 2. The highest BCUT2D eigenvalue weighted by Gasteiger charge is 2.17. The van der Waals surface area contributed by atoms with Gasteiger partial charge in [0.1, 0.15) is 5.56 Å². The summed E-state index contributed by atoms with van der Waals surface area (Å²) >= 11 is 0. The third kappa shape index (κ3) is 4.30. The monoisotopic (exact) mass is 293 g/mol. The summed E-state index contributed by atoms with van der Waals surface area (Å²) in [5.41, 5.74) is -0.982. The average molecular weight is 293 g/mol. The highest BCUT2D eigenvalue weighted by Crippen LogP contribution is 2.04. The van der Waals surface area contributed by atoms with Crippen molar-refractivity contribution in [2.75, 3.05) is 19.8 Å². The van der Waals surface area contributed by atoms with E-state index in [1.165, 1.54) is 17.7 Å². The molecule has 1 saturated heterocycles. The van der Waals surface area contributed by atoms with Crippen molar-refractivity contribution in [2.24, 2.45) is 0 Å². The Kier molecular flexibility index (Phi) is 4.92. The molecule has 112 valence electrons. The predicted molar refractivity (Wildman–Crippen MR) is 72.6 cm³/mol. The van der Waals surface area contributed by atoms with Gasteiger partial charge in [-0.1, -0.05) is 11.8 Å². The SMILES string of the molecule is CC(=O)NCC#Cc1cn(CC2OCCO2)c(=O)[nH]c1=O. The number of nitrogens with one attached hydrogen (secondary N) is 2. The van der Waals surface area contributed by atoms with E-state index >= 15 is 0 Å². The molecule has 2 rings (SSSR count). The van der Waals surface area contributed by atoms with Crippen LogP contribution >= 0.6 is 0 Å². The number of amides is 1. The van der Waals surface area contributed by atoms with Gasteiger partial charge >= 0.3 is 5.69 Å². The second-order valence-electron chi connectivity index (χ2n) is 4.34. The molecule has 1 fully saturated rings. The summed E-state index contributed by atoms with van der Waals surface area (Å²) < 4.78 is 11.8. The lowest BCUT2D eigenvalue weighted by molar-refractivity contribution is -0.118. The highest BCUT2D eigenvalue weighted by atomic mass is 16.7. The molecule has 0 bridgehead atoms. The topological polar surface area (TPSA) is 102 Å². The van der Waals surface area contributed by atoms with Crippen molar-refractivity contribution >= 4 is 5.91 Å². The Balaban J connectivity index is 2.15. The minimum atomic E-state index is -0.570. The van der Waals surface area contributed by atoms with Crippen molar-refractivity contribution in [2.45, 2.75) is 19.8 Å². The largest absolute Gasteiger partial charge is 0.348 e. The third-order valence-electron chi connectivity index (χ3n) is 2.70. The maximum atomic E-state index is 11.7. The Morgan fingerprint density at radius 3 is 2.86 bits per heavy atom. The fourth-order valence-electron chi connectivity index (χ4n) is 1.72. The first-order valence-electron chi connectivity index (χ1n) is 6.36. The van der Waals surface area contributed by atoms with Crippen molar-refractivity contribution in [1.29, 1.82) is 0 Å². The van der Waals surface area contributed by atoms with Crippen LogP contribution in [0.5, 0.6) is 0 Å². The maximum absolute atomic E-state index is 11.7. The van der Waals surface area contributed by atoms with Gasteiger partial charge in [-0.15, -0.1) is 0 Å². The van der Waals surface area contributed by atoms with E-state index in [2.05, 4.69) is 22.1 Å². The number of rotatable bonds is 3. The molecule has 0 aliphatic carbocycles. The summed E-state index contributed by atoms with van der Waals surface area (Å²) in [6.07, 6.45) is 0.848. The molecule has 1 aromatic heterocycles. The first-order chi connectivity index (χ1) is 10.1. The van der Waals surface area contributed by atoms with Crippen molar-refractivity contribution in [1.82, 2.24) is 14.9 Å². The van der Waals surface area contributed by atoms with Crippen LogP contribution in [0.2, 0.25) is 0 Å². The number of nitrogens with zero attached hydrogens (tertiary/aromatic N) is 1. The molecule has 1 aliphatic heterocycles. The summed E-state index contributed by atoms with van der Waals surface area (Å²) in [5, 5.41) is 2.49. The summed E-state index contributed by atoms with van der Waals surface area (Å²) in [7, 11) is 0. The Morgan fingerprint density at radius 1 is 1.48 bits per heavy atom. The van der Waals surface area contributed by atoms with E-state index in [-0.39, 0.29) is 24.6 Å². The minimum Gasteiger partial charge on any atom is -0.348 e. The molecule has 0 unspecified atom stereocenters. The Bertz CT molecular complexity index is 688. The zero-order valence-electron chi connectivity index (χ0n) is 11.5. The average Bonchev–Trinajstić information content (AvgIpc) is 2.92. The minimum absolute atomic E-state index is 0.128. The van der Waals surface area contributed by atoms with Gasteiger partial charge in [-0.05, 0) is 0 Å². The van der Waals surface area contributed by atoms with Gasteiger partial charge in [-0.2, -0.15) is 0 Å². The summed E-state index contributed by atoms with van der Waals surface area (Å²) in [5.74, 6) is 5.04. The van der Waals surface area contributed by atoms with Crippen LogP contribution in [0.1, 0.15) is 12.5 Å². The smallest absolute Gasteiger partial charge is 0.328 e. The number of aromatic nitrogens is 2. The van der Waals surface area contributed by atoms with Crippen LogP contribution in [0.25, 0.3) is 0 Å². The fraction of sp³-hybridized carbons (Fsp3) is 0.462. The van der Waals surface area contributed by atoms with E-state index in [1.807, 2.05) is 0 Å². The summed E-state index contributed by atoms with van der Waals surface area (Å²) in [6.45, 7) is 2.63. The van der Waals surface area contributed by atoms with Gasteiger partial charge in [0.15, 0.2) is 6.29 Å². The van der Waals surface area contributed by atoms with Crippen molar-refractivity contribution in [3.8, 4) is 11.8 Å². The van der Waals surface area contributed by atoms with Crippen LogP contribution in [0.15, 0.2) is 15.8 Å². The van der Waals surface area contributed by atoms with Crippen LogP contribution in [-0.2, 0) is 20.8 Å². The van der Waals surface area contributed by atoms with Gasteiger partial charge in [0.25, 0.3) is 5.56 Å². The van der Waals surface area contributed by atoms with Gasteiger partial charge < -0.3 is 14.8 Å². The molecule has 0 spiro atoms. The molecular weight excluding hydrogens is 278 g/mol. The zero-order valence-corrected chi connectivity index (χ0v) is 11.5. The van der Waals surface area contributed by atoms with Gasteiger partial charge in [-0.3, -0.25) is 19.1 Å². The second-order valence-corrected chi connectivity index (χ2v) is 4.34. The Labute approximate surface area is 120 Å². The lowest BCUT2D eigenvalue weighted by atomic mass is 10.3. The lowest BCUT2D eigenvalue weighted by Gasteiger charge is -2.10. The molecule has 0 atom stereocenters. The molecule has 0 aromatic carbocycles. The number of carbonyl (C=O) groups excluding carboxylic acids is 1. The molecule has 8 nitrogen and oxygen atoms in total. The molecular formula is C13H15N3O5. The number of hydrogen-bond acceptors (Lipinski definition) is 5. The first kappa shape index (κ1) is 15.0. The normalized spacial score (nSPS) is 14.5. The van der Waals surface area contributed by atoms with Gasteiger partial charge in [0.05, 0.1) is 26.3 Å². The molecule has 1 amide bonds. The van der Waals surface area contributed by atoms with Crippen LogP contribution in [-0.4, -0.2) is 41.5 Å². The first-order valence-corrected chi connectivity index (χ1v) is 6.36. The van der Waals surface area contributed by atoms with E-state index in [0.717, 1.165) is 0 Å². The van der Waals surface area contributed by atoms with Crippen molar-refractivity contribution < 1.29 is 14.3 Å². The lowest BCUT2D eigenvalue weighted by Crippen LogP contribution is -2.34. The van der Waals surface area contributed by atoms with E-state index in [9.17, 15) is 14.4 Å². The number of aromatic amines is 1. The molecule has 1 aromatic rings. The molecule has 0 saturated carbocycles. The van der Waals surface area contributed by atoms with Crippen LogP contribution in [0.3, 0.4) is 0 Å². The second kappa shape index (κ2) is 6.88. The van der Waals surface area contributed by atoms with Crippen molar-refractivity contribution in [3.05, 3.63) is 32.6 Å². The van der Waals surface area contributed by atoms with E-state index in [0.29, 0.717) is 13.2 Å². The molecule has 8 heteroatoms. The predicted octanol–water partition coefficient (Wildman–Crippen LogP) is -1.60. The quantitative estimate of drug-likeness (QED) is 0.653. The van der Waals surface area contributed by atoms with Gasteiger partial charge in [0.2, 0.25) is 5.91 Å². The molecule has 0 radical (unpaired) electrons. The molecule has 1 aliphatic rings. The number of carbonyl (C=O) groups is 1. The molecule has 2 heterocycles.